The van der Waals surface area contributed by atoms with Crippen LogP contribution in [0.25, 0.3) is 0 Å². The highest BCUT2D eigenvalue weighted by Crippen LogP contribution is 2.72. The zero-order valence-corrected chi connectivity index (χ0v) is 37.2. The normalized spacial score (nSPS) is 38.9. The summed E-state index contributed by atoms with van der Waals surface area (Å²) in [6.45, 7) is 0. The molecule has 1 heterocycles. The summed E-state index contributed by atoms with van der Waals surface area (Å²) in [5, 5.41) is 0. The van der Waals surface area contributed by atoms with Crippen LogP contribution in [0.2, 0.25) is 0 Å². The maximum atomic E-state index is 6.44. The zero-order chi connectivity index (χ0) is 41.5. The van der Waals surface area contributed by atoms with Crippen molar-refractivity contribution in [2.75, 3.05) is 0 Å². The molecule has 10 atom stereocenters. The molecule has 10 unspecified atom stereocenters. The number of benzene rings is 1. The molecule has 0 radical (unpaired) electrons. The van der Waals surface area contributed by atoms with Crippen LogP contribution in [0.15, 0.2) is 191 Å². The SMILES string of the molecule is C1=CC2Oc3ccccc3C2C(C2=CC(C3=CC=C(N(C4=CC5C6CCC=CC6C6(C7=C(CCC=C7)C7C=CC=CC76)C5C=C4)C4CCC(C5C=CCCC5)CC4)CC3)=CCC2)=C1. The van der Waals surface area contributed by atoms with Crippen molar-refractivity contribution in [2.24, 2.45) is 52.8 Å². The molecule has 2 saturated carbocycles. The Hall–Kier alpha value is -4.82. The molecule has 2 heteroatoms. The van der Waals surface area contributed by atoms with Gasteiger partial charge >= 0.3 is 0 Å². The Morgan fingerprint density at radius 3 is 2.49 bits per heavy atom. The van der Waals surface area contributed by atoms with Crippen molar-refractivity contribution in [1.82, 2.24) is 4.90 Å². The molecule has 1 spiro atoms. The minimum atomic E-state index is 0.0980. The van der Waals surface area contributed by atoms with Crippen molar-refractivity contribution < 1.29 is 4.74 Å². The van der Waals surface area contributed by atoms with Crippen molar-refractivity contribution in [1.29, 1.82) is 0 Å². The molecule has 12 aliphatic rings. The van der Waals surface area contributed by atoms with Gasteiger partial charge in [-0.15, -0.1) is 0 Å². The summed E-state index contributed by atoms with van der Waals surface area (Å²) in [4.78, 5) is 2.92. The molecule has 13 rings (SSSR count). The molecule has 11 aliphatic carbocycles. The van der Waals surface area contributed by atoms with E-state index < -0.39 is 0 Å². The molecule has 1 aliphatic heterocycles. The minimum Gasteiger partial charge on any atom is -0.485 e. The van der Waals surface area contributed by atoms with Gasteiger partial charge in [-0.1, -0.05) is 127 Å². The molecule has 0 bridgehead atoms. The second-order valence-electron chi connectivity index (χ2n) is 21.2. The highest BCUT2D eigenvalue weighted by atomic mass is 16.5. The average molecular weight is 828 g/mol. The molecule has 0 N–H and O–H groups in total. The van der Waals surface area contributed by atoms with Gasteiger partial charge in [-0.25, -0.2) is 0 Å². The quantitative estimate of drug-likeness (QED) is 0.265. The standard InChI is InChI=1S/C61H65NO/c1-2-14-40(15-3-1)41-28-32-45(33-29-41)62(46-34-30-42(31-35-46)43-16-12-17-44(38-43)48-22-13-27-59-60(48)52-21-7-11-26-58(52)63-59)47-36-37-57-53(39-47)51-20-6-10-25-56(51)61(57)54-23-8-4-18-49(54)50-19-5-9-24-55(50)61/h2,4,7-11,13-14,16,18,21-27,30,34,36-41,45,49,51,53-54,56-57,59-60H,1,3,5-6,12,15,17,19-20,28-29,31-33,35H2. The highest BCUT2D eigenvalue weighted by molar-refractivity contribution is 5.59. The number of para-hydroxylation sites is 1. The summed E-state index contributed by atoms with van der Waals surface area (Å²) in [7, 11) is 0. The number of hydrogen-bond donors (Lipinski definition) is 0. The van der Waals surface area contributed by atoms with Crippen LogP contribution in [0.4, 0.5) is 0 Å². The Kier molecular flexibility index (Phi) is 9.63. The van der Waals surface area contributed by atoms with Crippen molar-refractivity contribution in [3.63, 3.8) is 0 Å². The van der Waals surface area contributed by atoms with Gasteiger partial charge in [-0.05, 0) is 190 Å². The highest BCUT2D eigenvalue weighted by Gasteiger charge is 2.66. The van der Waals surface area contributed by atoms with Crippen LogP contribution in [-0.4, -0.2) is 17.0 Å². The first-order valence-electron chi connectivity index (χ1n) is 25.5. The number of hydrogen-bond acceptors (Lipinski definition) is 2. The molecule has 0 saturated heterocycles. The monoisotopic (exact) mass is 828 g/mol. The fourth-order valence-corrected chi connectivity index (χ4v) is 15.8. The maximum Gasteiger partial charge on any atom is 0.128 e. The Morgan fingerprint density at radius 2 is 1.59 bits per heavy atom. The van der Waals surface area contributed by atoms with E-state index in [-0.39, 0.29) is 17.4 Å². The summed E-state index contributed by atoms with van der Waals surface area (Å²) < 4.78 is 6.44. The predicted octanol–water partition coefficient (Wildman–Crippen LogP) is 14.8. The van der Waals surface area contributed by atoms with E-state index in [0.29, 0.717) is 41.5 Å². The van der Waals surface area contributed by atoms with Crippen molar-refractivity contribution in [2.45, 2.75) is 114 Å². The van der Waals surface area contributed by atoms with E-state index >= 15 is 0 Å². The first-order chi connectivity index (χ1) is 31.2. The minimum absolute atomic E-state index is 0.0980. The predicted molar refractivity (Wildman–Crippen MR) is 258 cm³/mol. The summed E-state index contributed by atoms with van der Waals surface area (Å²) in [6, 6.07) is 9.26. The van der Waals surface area contributed by atoms with E-state index in [9.17, 15) is 0 Å². The smallest absolute Gasteiger partial charge is 0.128 e. The number of allylic oxidation sites excluding steroid dienone is 25. The van der Waals surface area contributed by atoms with E-state index in [1.807, 2.05) is 0 Å². The molecule has 1 aromatic carbocycles. The molecule has 2 fully saturated rings. The molecular formula is C61H65NO. The van der Waals surface area contributed by atoms with Gasteiger partial charge in [0.15, 0.2) is 0 Å². The lowest BCUT2D eigenvalue weighted by molar-refractivity contribution is 0.155. The second kappa shape index (κ2) is 15.7. The average Bonchev–Trinajstić information content (AvgIpc) is 3.99. The van der Waals surface area contributed by atoms with Crippen LogP contribution in [0, 0.1) is 52.8 Å². The van der Waals surface area contributed by atoms with Crippen LogP contribution in [0.1, 0.15) is 108 Å². The van der Waals surface area contributed by atoms with E-state index in [1.54, 1.807) is 16.8 Å². The van der Waals surface area contributed by atoms with Crippen molar-refractivity contribution in [3.8, 4) is 5.75 Å². The summed E-state index contributed by atoms with van der Waals surface area (Å²) in [5.74, 6) is 6.50. The van der Waals surface area contributed by atoms with Gasteiger partial charge in [0, 0.05) is 34.3 Å². The molecule has 0 aromatic heterocycles. The first-order valence-corrected chi connectivity index (χ1v) is 25.5. The zero-order valence-electron chi connectivity index (χ0n) is 37.2. The van der Waals surface area contributed by atoms with E-state index in [2.05, 4.69) is 151 Å². The van der Waals surface area contributed by atoms with Gasteiger partial charge < -0.3 is 9.64 Å². The summed E-state index contributed by atoms with van der Waals surface area (Å²) in [6.07, 6.45) is 69.5. The second-order valence-corrected chi connectivity index (χ2v) is 21.2. The van der Waals surface area contributed by atoms with Crippen molar-refractivity contribution in [3.05, 3.63) is 196 Å². The van der Waals surface area contributed by atoms with Gasteiger partial charge in [-0.2, -0.15) is 0 Å². The van der Waals surface area contributed by atoms with Gasteiger partial charge in [0.05, 0.1) is 5.92 Å². The van der Waals surface area contributed by atoms with Crippen LogP contribution in [-0.2, 0) is 0 Å². The van der Waals surface area contributed by atoms with Crippen LogP contribution < -0.4 is 4.74 Å². The van der Waals surface area contributed by atoms with E-state index in [0.717, 1.165) is 43.3 Å². The molecular weight excluding hydrogens is 763 g/mol. The van der Waals surface area contributed by atoms with Gasteiger partial charge in [0.2, 0.25) is 0 Å². The molecule has 63 heavy (non-hydrogen) atoms. The lowest BCUT2D eigenvalue weighted by Gasteiger charge is -2.46. The Morgan fingerprint density at radius 1 is 0.667 bits per heavy atom. The number of rotatable bonds is 6. The molecule has 1 aromatic rings. The van der Waals surface area contributed by atoms with Crippen LogP contribution in [0.5, 0.6) is 5.75 Å². The van der Waals surface area contributed by atoms with Gasteiger partial charge in [0.1, 0.15) is 11.9 Å². The topological polar surface area (TPSA) is 12.5 Å². The number of fused-ring (bicyclic) bond motifs is 12. The third kappa shape index (κ3) is 6.16. The third-order valence-electron chi connectivity index (χ3n) is 18.4. The van der Waals surface area contributed by atoms with Crippen molar-refractivity contribution >= 4 is 0 Å². The molecule has 0 amide bonds. The first kappa shape index (κ1) is 38.6. The fraction of sp³-hybridized carbons (Fsp3) is 0.443. The van der Waals surface area contributed by atoms with E-state index in [4.69, 9.17) is 4.74 Å². The molecule has 320 valence electrons. The van der Waals surface area contributed by atoms with Crippen LogP contribution in [0.3, 0.4) is 0 Å². The lowest BCUT2D eigenvalue weighted by atomic mass is 9.58. The Balaban J connectivity index is 0.835. The fourth-order valence-electron chi connectivity index (χ4n) is 15.8. The number of ether oxygens (including phenoxy) is 1. The molecule has 2 nitrogen and oxygen atoms in total. The Labute approximate surface area is 377 Å². The third-order valence-corrected chi connectivity index (χ3v) is 18.4. The summed E-state index contributed by atoms with van der Waals surface area (Å²) in [5.41, 5.74) is 13.9. The Bertz CT molecular complexity index is 2500. The van der Waals surface area contributed by atoms with E-state index in [1.165, 1.54) is 104 Å². The largest absolute Gasteiger partial charge is 0.485 e. The number of nitrogens with zero attached hydrogens (tertiary/aromatic N) is 1. The van der Waals surface area contributed by atoms with Crippen LogP contribution >= 0.6 is 0 Å². The maximum absolute atomic E-state index is 6.44. The van der Waals surface area contributed by atoms with Gasteiger partial charge in [-0.3, -0.25) is 0 Å². The lowest BCUT2D eigenvalue weighted by Crippen LogP contribution is -2.41. The van der Waals surface area contributed by atoms with Gasteiger partial charge in [0.25, 0.3) is 0 Å². The summed E-state index contributed by atoms with van der Waals surface area (Å²) >= 11 is 0.